The Morgan fingerprint density at radius 2 is 1.50 bits per heavy atom. The van der Waals surface area contributed by atoms with Gasteiger partial charge in [0.25, 0.3) is 0 Å². The first-order chi connectivity index (χ1) is 14.0. The minimum absolute atomic E-state index is 0.162. The van der Waals surface area contributed by atoms with E-state index in [-0.39, 0.29) is 20.2 Å². The Kier molecular flexibility index (Phi) is 8.16. The Bertz CT molecular complexity index is 701. The van der Waals surface area contributed by atoms with Crippen LogP contribution in [0.4, 0.5) is 0 Å². The van der Waals surface area contributed by atoms with Crippen molar-refractivity contribution in [3.8, 4) is 0 Å². The molecule has 1 heterocycles. The maximum atomic E-state index is 13.1. The number of carbonyl (C=O) groups is 2. The van der Waals surface area contributed by atoms with E-state index in [1.807, 2.05) is 0 Å². The largest absolute Gasteiger partial charge is 0.465 e. The van der Waals surface area contributed by atoms with Crippen molar-refractivity contribution in [2.24, 2.45) is 5.41 Å². The lowest BCUT2D eigenvalue weighted by Gasteiger charge is -2.25. The zero-order chi connectivity index (χ0) is 22.7. The first-order valence-electron chi connectivity index (χ1n) is 11.2. The smallest absolute Gasteiger partial charge is 0.338 e. The van der Waals surface area contributed by atoms with E-state index >= 15 is 0 Å². The van der Waals surface area contributed by atoms with Gasteiger partial charge in [-0.3, -0.25) is 9.59 Å². The number of hydrogen-bond donors (Lipinski definition) is 0. The van der Waals surface area contributed by atoms with Gasteiger partial charge in [-0.1, -0.05) is 43.3 Å². The van der Waals surface area contributed by atoms with Crippen molar-refractivity contribution < 1.29 is 19.1 Å². The van der Waals surface area contributed by atoms with Crippen LogP contribution in [0.25, 0.3) is 0 Å². The standard InChI is InChI=1S/C22H39BN2O4Si/c1-9-19(30(6,7)8)18-15-22(20(26)28-10-2,21(27)29-11-3)14-17(18)16-23-24(4)12-13-25(23)5/h16H,9-15H2,1-8H3. The molecule has 0 spiro atoms. The maximum absolute atomic E-state index is 13.1. The molecule has 0 aromatic heterocycles. The van der Waals surface area contributed by atoms with Crippen molar-refractivity contribution >= 4 is 27.0 Å². The molecule has 30 heavy (non-hydrogen) atoms. The molecule has 1 aliphatic heterocycles. The van der Waals surface area contributed by atoms with Crippen LogP contribution in [0.5, 0.6) is 0 Å². The number of rotatable bonds is 7. The summed E-state index contributed by atoms with van der Waals surface area (Å²) in [6, 6.07) is 0. The molecular weight excluding hydrogens is 395 g/mol. The van der Waals surface area contributed by atoms with Gasteiger partial charge in [0.15, 0.2) is 5.41 Å². The van der Waals surface area contributed by atoms with Crippen LogP contribution in [0.1, 0.15) is 40.0 Å². The van der Waals surface area contributed by atoms with Crippen LogP contribution in [-0.2, 0) is 19.1 Å². The summed E-state index contributed by atoms with van der Waals surface area (Å²) >= 11 is 0. The summed E-state index contributed by atoms with van der Waals surface area (Å²) in [5, 5.41) is 1.42. The normalized spacial score (nSPS) is 23.2. The summed E-state index contributed by atoms with van der Waals surface area (Å²) in [5.41, 5.74) is 1.02. The molecule has 0 amide bonds. The minimum Gasteiger partial charge on any atom is -0.465 e. The van der Waals surface area contributed by atoms with Crippen molar-refractivity contribution in [3.05, 3.63) is 22.3 Å². The Labute approximate surface area is 183 Å². The molecule has 0 N–H and O–H groups in total. The molecule has 2 aliphatic rings. The summed E-state index contributed by atoms with van der Waals surface area (Å²) in [6.07, 6.45) is 1.66. The van der Waals surface area contributed by atoms with Crippen LogP contribution < -0.4 is 0 Å². The lowest BCUT2D eigenvalue weighted by Crippen LogP contribution is -2.40. The van der Waals surface area contributed by atoms with Crippen molar-refractivity contribution in [3.63, 3.8) is 0 Å². The number of carbonyl (C=O) groups excluding carboxylic acids is 2. The van der Waals surface area contributed by atoms with E-state index in [0.29, 0.717) is 12.8 Å². The summed E-state index contributed by atoms with van der Waals surface area (Å²) in [4.78, 5) is 30.8. The van der Waals surface area contributed by atoms with Crippen LogP contribution in [-0.4, -0.2) is 77.0 Å². The summed E-state index contributed by atoms with van der Waals surface area (Å²) in [6.45, 7) is 15.4. The Hall–Kier alpha value is -1.38. The van der Waals surface area contributed by atoms with E-state index in [9.17, 15) is 9.59 Å². The number of nitrogens with zero attached hydrogens (tertiary/aromatic N) is 2. The second-order valence-corrected chi connectivity index (χ2v) is 14.6. The zero-order valence-electron chi connectivity index (χ0n) is 20.1. The molecule has 2 fully saturated rings. The molecular formula is C22H39BN2O4Si. The van der Waals surface area contributed by atoms with E-state index in [1.165, 1.54) is 10.8 Å². The van der Waals surface area contributed by atoms with Crippen LogP contribution in [0.15, 0.2) is 22.3 Å². The Morgan fingerprint density at radius 1 is 1.00 bits per heavy atom. The molecule has 8 heteroatoms. The highest BCUT2D eigenvalue weighted by Crippen LogP contribution is 2.50. The van der Waals surface area contributed by atoms with Gasteiger partial charge in [-0.05, 0) is 52.8 Å². The molecule has 0 atom stereocenters. The van der Waals surface area contributed by atoms with E-state index in [4.69, 9.17) is 9.47 Å². The fourth-order valence-corrected chi connectivity index (χ4v) is 7.04. The Balaban J connectivity index is 2.66. The molecule has 2 rings (SSSR count). The van der Waals surface area contributed by atoms with Crippen molar-refractivity contribution in [1.29, 1.82) is 0 Å². The van der Waals surface area contributed by atoms with Gasteiger partial charge in [-0.25, -0.2) is 0 Å². The third-order valence-electron chi connectivity index (χ3n) is 6.37. The molecule has 0 bridgehead atoms. The number of likely N-dealkylation sites (N-methyl/N-ethyl adjacent to an activating group) is 2. The molecule has 0 unspecified atom stereocenters. The average Bonchev–Trinajstić information content (AvgIpc) is 3.18. The summed E-state index contributed by atoms with van der Waals surface area (Å²) in [7, 11) is 2.59. The lowest BCUT2D eigenvalue weighted by atomic mass is 9.71. The van der Waals surface area contributed by atoms with Gasteiger partial charge in [0.1, 0.15) is 0 Å². The molecule has 0 aromatic carbocycles. The zero-order valence-corrected chi connectivity index (χ0v) is 21.1. The maximum Gasteiger partial charge on any atom is 0.338 e. The first-order valence-corrected chi connectivity index (χ1v) is 14.7. The SMILES string of the molecule is CCOC(=O)C1(C(=O)OCC)CC(=CB2N(C)CCN2C)C(=C(CC)[Si](C)(C)C)C1. The highest BCUT2D eigenvalue weighted by Gasteiger charge is 2.55. The molecule has 0 radical (unpaired) electrons. The quantitative estimate of drug-likeness (QED) is 0.348. The molecule has 6 nitrogen and oxygen atoms in total. The average molecular weight is 434 g/mol. The highest BCUT2D eigenvalue weighted by atomic mass is 28.3. The van der Waals surface area contributed by atoms with Crippen LogP contribution in [0.3, 0.4) is 0 Å². The predicted octanol–water partition coefficient (Wildman–Crippen LogP) is 3.31. The van der Waals surface area contributed by atoms with Gasteiger partial charge in [0.2, 0.25) is 0 Å². The van der Waals surface area contributed by atoms with Crippen molar-refractivity contribution in [1.82, 2.24) is 9.62 Å². The number of ether oxygens (including phenoxy) is 2. The fourth-order valence-electron chi connectivity index (χ4n) is 4.83. The van der Waals surface area contributed by atoms with Crippen molar-refractivity contribution in [2.75, 3.05) is 40.4 Å². The highest BCUT2D eigenvalue weighted by molar-refractivity contribution is 6.83. The Morgan fingerprint density at radius 3 is 1.90 bits per heavy atom. The van der Waals surface area contributed by atoms with Crippen molar-refractivity contribution in [2.45, 2.75) is 59.7 Å². The predicted molar refractivity (Wildman–Crippen MR) is 125 cm³/mol. The molecule has 168 valence electrons. The van der Waals surface area contributed by atoms with E-state index in [2.05, 4.69) is 56.3 Å². The van der Waals surface area contributed by atoms with Gasteiger partial charge < -0.3 is 19.1 Å². The third kappa shape index (κ3) is 4.92. The van der Waals surface area contributed by atoms with E-state index in [0.717, 1.165) is 25.1 Å². The monoisotopic (exact) mass is 434 g/mol. The minimum atomic E-state index is -1.64. The van der Waals surface area contributed by atoms with E-state index < -0.39 is 25.4 Å². The second kappa shape index (κ2) is 9.83. The van der Waals surface area contributed by atoms with Gasteiger partial charge in [0.05, 0.1) is 21.3 Å². The van der Waals surface area contributed by atoms with Gasteiger partial charge in [0, 0.05) is 13.1 Å². The summed E-state index contributed by atoms with van der Waals surface area (Å²) in [5.74, 6) is 1.35. The number of esters is 2. The topological polar surface area (TPSA) is 59.1 Å². The lowest BCUT2D eigenvalue weighted by molar-refractivity contribution is -0.171. The molecule has 0 aromatic rings. The van der Waals surface area contributed by atoms with Gasteiger partial charge in [-0.2, -0.15) is 0 Å². The first kappa shape index (κ1) is 24.9. The van der Waals surface area contributed by atoms with Crippen LogP contribution in [0, 0.1) is 5.41 Å². The fraction of sp³-hybridized carbons (Fsp3) is 0.727. The van der Waals surface area contributed by atoms with Gasteiger partial charge >= 0.3 is 18.9 Å². The molecule has 1 saturated heterocycles. The number of allylic oxidation sites excluding steroid dienone is 3. The van der Waals surface area contributed by atoms with Gasteiger partial charge in [-0.15, -0.1) is 0 Å². The number of hydrogen-bond acceptors (Lipinski definition) is 6. The molecule has 1 aliphatic carbocycles. The van der Waals surface area contributed by atoms with E-state index in [1.54, 1.807) is 13.8 Å². The molecule has 1 saturated carbocycles. The van der Waals surface area contributed by atoms with Crippen LogP contribution >= 0.6 is 0 Å². The van der Waals surface area contributed by atoms with Crippen LogP contribution in [0.2, 0.25) is 19.6 Å². The third-order valence-corrected chi connectivity index (χ3v) is 8.84. The second-order valence-electron chi connectivity index (χ2n) is 9.50. The summed E-state index contributed by atoms with van der Waals surface area (Å²) < 4.78 is 10.8.